The quantitative estimate of drug-likeness (QED) is 0.747. The summed E-state index contributed by atoms with van der Waals surface area (Å²) in [5.74, 6) is -1.08. The number of rotatable bonds is 6. The maximum atomic E-state index is 12.3. The lowest BCUT2D eigenvalue weighted by Crippen LogP contribution is -2.13. The van der Waals surface area contributed by atoms with E-state index in [0.717, 1.165) is 11.3 Å². The normalized spacial score (nSPS) is 10.6. The maximum Gasteiger partial charge on any atom is 0.347 e. The highest BCUT2D eigenvalue weighted by atomic mass is 32.1. The molecule has 23 heavy (non-hydrogen) atoms. The summed E-state index contributed by atoms with van der Waals surface area (Å²) in [6.45, 7) is 3.48. The fourth-order valence-electron chi connectivity index (χ4n) is 1.82. The van der Waals surface area contributed by atoms with Crippen LogP contribution in [0.4, 0.5) is 5.13 Å². The van der Waals surface area contributed by atoms with Crippen molar-refractivity contribution >= 4 is 28.3 Å². The molecular formula is C15H16N2O5S. The van der Waals surface area contributed by atoms with Crippen LogP contribution in [0.25, 0.3) is 0 Å². The summed E-state index contributed by atoms with van der Waals surface area (Å²) in [6.07, 6.45) is 1.11. The first kappa shape index (κ1) is 16.9. The largest absolute Gasteiger partial charge is 0.491 e. The number of aliphatic hydroxyl groups excluding tert-OH is 1. The summed E-state index contributed by atoms with van der Waals surface area (Å²) in [6, 6.07) is 4.75. The molecule has 0 bridgehead atoms. The number of ether oxygens (including phenoxy) is 1. The maximum absolute atomic E-state index is 12.3. The minimum absolute atomic E-state index is 0.0354. The number of aromatic carboxylic acids is 1. The average molecular weight is 336 g/mol. The van der Waals surface area contributed by atoms with Crippen LogP contribution in [-0.2, 0) is 6.61 Å². The molecular weight excluding hydrogens is 320 g/mol. The average Bonchev–Trinajstić information content (AvgIpc) is 2.94. The van der Waals surface area contributed by atoms with Crippen LogP contribution in [0, 0.1) is 0 Å². The van der Waals surface area contributed by atoms with E-state index in [-0.39, 0.29) is 22.7 Å². The van der Waals surface area contributed by atoms with E-state index >= 15 is 0 Å². The van der Waals surface area contributed by atoms with E-state index in [0.29, 0.717) is 16.9 Å². The number of carbonyl (C=O) groups is 2. The summed E-state index contributed by atoms with van der Waals surface area (Å²) in [7, 11) is 0. The van der Waals surface area contributed by atoms with Crippen LogP contribution in [0.1, 0.15) is 39.4 Å². The number of thiazole rings is 1. The third-order valence-electron chi connectivity index (χ3n) is 2.72. The second kappa shape index (κ2) is 7.21. The van der Waals surface area contributed by atoms with Gasteiger partial charge in [-0.2, -0.15) is 0 Å². The zero-order chi connectivity index (χ0) is 17.0. The highest BCUT2D eigenvalue weighted by Crippen LogP contribution is 2.22. The minimum Gasteiger partial charge on any atom is -0.491 e. The van der Waals surface area contributed by atoms with E-state index in [2.05, 4.69) is 10.3 Å². The van der Waals surface area contributed by atoms with Crippen molar-refractivity contribution in [1.29, 1.82) is 0 Å². The fourth-order valence-corrected chi connectivity index (χ4v) is 2.47. The summed E-state index contributed by atoms with van der Waals surface area (Å²) in [4.78, 5) is 27.0. The predicted octanol–water partition coefficient (Wildman–Crippen LogP) is 2.37. The molecule has 1 aromatic carbocycles. The molecule has 0 radical (unpaired) electrons. The summed E-state index contributed by atoms with van der Waals surface area (Å²) < 4.78 is 5.55. The van der Waals surface area contributed by atoms with Crippen molar-refractivity contribution in [2.75, 3.05) is 5.32 Å². The van der Waals surface area contributed by atoms with E-state index in [9.17, 15) is 14.7 Å². The van der Waals surface area contributed by atoms with Crippen molar-refractivity contribution in [1.82, 2.24) is 4.98 Å². The second-order valence-corrected chi connectivity index (χ2v) is 6.01. The van der Waals surface area contributed by atoms with E-state index in [1.807, 2.05) is 13.8 Å². The molecule has 1 amide bonds. The van der Waals surface area contributed by atoms with Gasteiger partial charge in [0.25, 0.3) is 5.91 Å². The molecule has 0 unspecified atom stereocenters. The number of carbonyl (C=O) groups excluding carboxylic acids is 1. The molecule has 0 aliphatic carbocycles. The first-order valence-corrected chi connectivity index (χ1v) is 7.62. The number of aromatic nitrogens is 1. The molecule has 7 nitrogen and oxygen atoms in total. The van der Waals surface area contributed by atoms with Gasteiger partial charge in [-0.1, -0.05) is 11.3 Å². The first-order chi connectivity index (χ1) is 10.9. The summed E-state index contributed by atoms with van der Waals surface area (Å²) in [5.41, 5.74) is 0.831. The van der Waals surface area contributed by atoms with Crippen molar-refractivity contribution in [3.05, 3.63) is 40.4 Å². The molecule has 0 spiro atoms. The van der Waals surface area contributed by atoms with Crippen LogP contribution >= 0.6 is 11.3 Å². The van der Waals surface area contributed by atoms with Crippen LogP contribution in [0.3, 0.4) is 0 Å². The lowest BCUT2D eigenvalue weighted by molar-refractivity contribution is 0.0701. The summed E-state index contributed by atoms with van der Waals surface area (Å²) in [5, 5.41) is 20.9. The Morgan fingerprint density at radius 1 is 1.35 bits per heavy atom. The van der Waals surface area contributed by atoms with Crippen LogP contribution in [-0.4, -0.2) is 33.2 Å². The van der Waals surface area contributed by atoms with Gasteiger partial charge < -0.3 is 14.9 Å². The first-order valence-electron chi connectivity index (χ1n) is 6.81. The van der Waals surface area contributed by atoms with E-state index < -0.39 is 11.9 Å². The van der Waals surface area contributed by atoms with Crippen LogP contribution in [0.15, 0.2) is 24.4 Å². The number of hydrogen-bond acceptors (Lipinski definition) is 6. The third kappa shape index (κ3) is 4.51. The Bertz CT molecular complexity index is 726. The lowest BCUT2D eigenvalue weighted by Gasteiger charge is -2.12. The Kier molecular flexibility index (Phi) is 5.30. The Balaban J connectivity index is 2.21. The Hall–Kier alpha value is -2.45. The van der Waals surface area contributed by atoms with Gasteiger partial charge in [0.15, 0.2) is 5.13 Å². The Morgan fingerprint density at radius 2 is 2.09 bits per heavy atom. The van der Waals surface area contributed by atoms with Gasteiger partial charge >= 0.3 is 5.97 Å². The van der Waals surface area contributed by atoms with Crippen molar-refractivity contribution in [3.63, 3.8) is 0 Å². The number of nitrogens with zero attached hydrogens (tertiary/aromatic N) is 1. The van der Waals surface area contributed by atoms with Crippen molar-refractivity contribution in [2.45, 2.75) is 26.6 Å². The van der Waals surface area contributed by atoms with Gasteiger partial charge in [0.1, 0.15) is 10.6 Å². The molecule has 0 saturated heterocycles. The number of anilines is 1. The molecule has 0 fully saturated rings. The smallest absolute Gasteiger partial charge is 0.347 e. The zero-order valence-corrected chi connectivity index (χ0v) is 13.4. The molecule has 122 valence electrons. The fraction of sp³-hybridized carbons (Fsp3) is 0.267. The van der Waals surface area contributed by atoms with Crippen molar-refractivity contribution in [2.24, 2.45) is 0 Å². The number of benzene rings is 1. The SMILES string of the molecule is CC(C)Oc1cc(CO)cc(C(=O)Nc2ncc(C(=O)O)s2)c1. The minimum atomic E-state index is -1.10. The van der Waals surface area contributed by atoms with E-state index in [1.54, 1.807) is 12.1 Å². The van der Waals surface area contributed by atoms with Crippen molar-refractivity contribution < 1.29 is 24.5 Å². The second-order valence-electron chi connectivity index (χ2n) is 4.98. The third-order valence-corrected chi connectivity index (χ3v) is 3.62. The van der Waals surface area contributed by atoms with Gasteiger partial charge in [-0.3, -0.25) is 10.1 Å². The van der Waals surface area contributed by atoms with Crippen LogP contribution in [0.5, 0.6) is 5.75 Å². The number of hydrogen-bond donors (Lipinski definition) is 3. The van der Waals surface area contributed by atoms with Gasteiger partial charge in [-0.25, -0.2) is 9.78 Å². The van der Waals surface area contributed by atoms with Crippen LogP contribution in [0.2, 0.25) is 0 Å². The molecule has 0 aliphatic rings. The topological polar surface area (TPSA) is 109 Å². The Labute approximate surface area is 136 Å². The number of nitrogens with one attached hydrogen (secondary N) is 1. The predicted molar refractivity (Wildman–Crippen MR) is 85.2 cm³/mol. The number of amides is 1. The lowest BCUT2D eigenvalue weighted by atomic mass is 10.1. The van der Waals surface area contributed by atoms with E-state index in [4.69, 9.17) is 9.84 Å². The van der Waals surface area contributed by atoms with Gasteiger partial charge in [0.05, 0.1) is 18.9 Å². The zero-order valence-electron chi connectivity index (χ0n) is 12.6. The van der Waals surface area contributed by atoms with Gasteiger partial charge in [-0.05, 0) is 37.6 Å². The van der Waals surface area contributed by atoms with E-state index in [1.165, 1.54) is 12.3 Å². The molecule has 0 atom stereocenters. The highest BCUT2D eigenvalue weighted by molar-refractivity contribution is 7.17. The Morgan fingerprint density at radius 3 is 2.65 bits per heavy atom. The standard InChI is InChI=1S/C15H16N2O5S/c1-8(2)22-11-4-9(7-18)3-10(5-11)13(19)17-15-16-6-12(23-15)14(20)21/h3-6,8,18H,7H2,1-2H3,(H,20,21)(H,16,17,19). The monoisotopic (exact) mass is 336 g/mol. The number of carboxylic acid groups (broad SMARTS) is 1. The number of carboxylic acids is 1. The molecule has 0 aliphatic heterocycles. The molecule has 1 heterocycles. The molecule has 8 heteroatoms. The van der Waals surface area contributed by atoms with Gasteiger partial charge in [0, 0.05) is 5.56 Å². The van der Waals surface area contributed by atoms with Gasteiger partial charge in [0.2, 0.25) is 0 Å². The van der Waals surface area contributed by atoms with Crippen LogP contribution < -0.4 is 10.1 Å². The molecule has 0 saturated carbocycles. The molecule has 2 rings (SSSR count). The highest BCUT2D eigenvalue weighted by Gasteiger charge is 2.14. The summed E-state index contributed by atoms with van der Waals surface area (Å²) >= 11 is 0.866. The van der Waals surface area contributed by atoms with Gasteiger partial charge in [-0.15, -0.1) is 0 Å². The molecule has 1 aromatic heterocycles. The van der Waals surface area contributed by atoms with Crippen molar-refractivity contribution in [3.8, 4) is 5.75 Å². The molecule has 2 aromatic rings. The molecule has 3 N–H and O–H groups in total. The number of aliphatic hydroxyl groups is 1.